The summed E-state index contributed by atoms with van der Waals surface area (Å²) >= 11 is 0. The number of carboxylic acids is 2. The number of carbonyl (C=O) groups is 2. The van der Waals surface area contributed by atoms with Gasteiger partial charge >= 0.3 is 11.9 Å². The predicted octanol–water partition coefficient (Wildman–Crippen LogP) is 1.48. The molecule has 1 atom stereocenters. The van der Waals surface area contributed by atoms with Crippen molar-refractivity contribution in [3.05, 3.63) is 29.6 Å². The third kappa shape index (κ3) is 3.17. The molecular formula is C11H11FO5. The van der Waals surface area contributed by atoms with Crippen LogP contribution >= 0.6 is 0 Å². The molecule has 0 fully saturated rings. The molecule has 0 bridgehead atoms. The molecule has 2 N–H and O–H groups in total. The number of benzene rings is 1. The highest BCUT2D eigenvalue weighted by Crippen LogP contribution is 2.30. The summed E-state index contributed by atoms with van der Waals surface area (Å²) in [5.41, 5.74) is 0.0161. The van der Waals surface area contributed by atoms with E-state index in [2.05, 4.69) is 0 Å². The molecule has 6 heteroatoms. The highest BCUT2D eigenvalue weighted by Gasteiger charge is 2.26. The topological polar surface area (TPSA) is 83.8 Å². The van der Waals surface area contributed by atoms with Gasteiger partial charge in [-0.1, -0.05) is 0 Å². The summed E-state index contributed by atoms with van der Waals surface area (Å²) in [4.78, 5) is 21.5. The van der Waals surface area contributed by atoms with Gasteiger partial charge in [-0.15, -0.1) is 0 Å². The number of hydrogen-bond acceptors (Lipinski definition) is 3. The maximum absolute atomic E-state index is 13.0. The normalized spacial score (nSPS) is 11.9. The van der Waals surface area contributed by atoms with Crippen LogP contribution in [0.15, 0.2) is 18.2 Å². The number of ether oxygens (including phenoxy) is 1. The van der Waals surface area contributed by atoms with E-state index in [1.165, 1.54) is 13.2 Å². The molecule has 0 aliphatic carbocycles. The Hall–Kier alpha value is -2.11. The first-order chi connectivity index (χ1) is 7.95. The molecule has 0 amide bonds. The summed E-state index contributed by atoms with van der Waals surface area (Å²) in [5, 5.41) is 17.6. The van der Waals surface area contributed by atoms with E-state index >= 15 is 0 Å². The van der Waals surface area contributed by atoms with E-state index in [9.17, 15) is 14.0 Å². The average molecular weight is 242 g/mol. The van der Waals surface area contributed by atoms with Gasteiger partial charge in [0.25, 0.3) is 0 Å². The fourth-order valence-corrected chi connectivity index (χ4v) is 1.48. The first-order valence-corrected chi connectivity index (χ1v) is 4.73. The van der Waals surface area contributed by atoms with Gasteiger partial charge in [-0.25, -0.2) is 4.39 Å². The van der Waals surface area contributed by atoms with E-state index < -0.39 is 30.1 Å². The fourth-order valence-electron chi connectivity index (χ4n) is 1.48. The molecule has 0 saturated heterocycles. The van der Waals surface area contributed by atoms with Crippen molar-refractivity contribution in [1.82, 2.24) is 0 Å². The Morgan fingerprint density at radius 1 is 1.41 bits per heavy atom. The lowest BCUT2D eigenvalue weighted by Gasteiger charge is -2.14. The fraction of sp³-hybridized carbons (Fsp3) is 0.273. The zero-order valence-electron chi connectivity index (χ0n) is 9.01. The Balaban J connectivity index is 3.20. The molecule has 1 rings (SSSR count). The first kappa shape index (κ1) is 13.0. The molecule has 17 heavy (non-hydrogen) atoms. The second kappa shape index (κ2) is 5.29. The van der Waals surface area contributed by atoms with E-state index in [-0.39, 0.29) is 11.3 Å². The second-order valence-corrected chi connectivity index (χ2v) is 3.37. The summed E-state index contributed by atoms with van der Waals surface area (Å²) in [6.07, 6.45) is -0.630. The van der Waals surface area contributed by atoms with E-state index in [0.717, 1.165) is 12.1 Å². The molecule has 1 aromatic rings. The Morgan fingerprint density at radius 2 is 2.06 bits per heavy atom. The van der Waals surface area contributed by atoms with E-state index in [1.54, 1.807) is 0 Å². The van der Waals surface area contributed by atoms with Crippen LogP contribution in [-0.2, 0) is 9.59 Å². The van der Waals surface area contributed by atoms with E-state index in [0.29, 0.717) is 0 Å². The maximum atomic E-state index is 13.0. The largest absolute Gasteiger partial charge is 0.496 e. The van der Waals surface area contributed by atoms with Crippen LogP contribution in [0.2, 0.25) is 0 Å². The van der Waals surface area contributed by atoms with Crippen molar-refractivity contribution >= 4 is 11.9 Å². The highest BCUT2D eigenvalue weighted by atomic mass is 19.1. The highest BCUT2D eigenvalue weighted by molar-refractivity contribution is 5.83. The zero-order chi connectivity index (χ0) is 13.0. The number of methoxy groups -OCH3 is 1. The Kier molecular flexibility index (Phi) is 4.03. The maximum Gasteiger partial charge on any atom is 0.311 e. The Labute approximate surface area is 96.4 Å². The second-order valence-electron chi connectivity index (χ2n) is 3.37. The lowest BCUT2D eigenvalue weighted by Crippen LogP contribution is -2.17. The molecule has 0 saturated carbocycles. The summed E-state index contributed by atoms with van der Waals surface area (Å²) < 4.78 is 17.9. The monoisotopic (exact) mass is 242 g/mol. The van der Waals surface area contributed by atoms with Crippen LogP contribution in [-0.4, -0.2) is 29.3 Å². The molecule has 0 aliphatic rings. The van der Waals surface area contributed by atoms with Gasteiger partial charge in [-0.3, -0.25) is 9.59 Å². The molecule has 5 nitrogen and oxygen atoms in total. The van der Waals surface area contributed by atoms with Crippen molar-refractivity contribution in [2.24, 2.45) is 0 Å². The smallest absolute Gasteiger partial charge is 0.311 e. The first-order valence-electron chi connectivity index (χ1n) is 4.73. The third-order valence-electron chi connectivity index (χ3n) is 2.24. The standard InChI is InChI=1S/C11H11FO5/c1-17-9-3-2-6(12)4-7(9)8(11(15)16)5-10(13)14/h2-4,8H,5H2,1H3,(H,13,14)(H,15,16). The number of halogens is 1. The van der Waals surface area contributed by atoms with Crippen molar-refractivity contribution in [2.75, 3.05) is 7.11 Å². The lowest BCUT2D eigenvalue weighted by atomic mass is 9.95. The van der Waals surface area contributed by atoms with Gasteiger partial charge in [-0.2, -0.15) is 0 Å². The minimum Gasteiger partial charge on any atom is -0.496 e. The SMILES string of the molecule is COc1ccc(F)cc1C(CC(=O)O)C(=O)O. The van der Waals surface area contributed by atoms with Crippen LogP contribution in [0.25, 0.3) is 0 Å². The van der Waals surface area contributed by atoms with Crippen molar-refractivity contribution in [3.63, 3.8) is 0 Å². The van der Waals surface area contributed by atoms with Gasteiger partial charge in [0.05, 0.1) is 19.4 Å². The molecule has 0 spiro atoms. The van der Waals surface area contributed by atoms with Crippen LogP contribution in [0.3, 0.4) is 0 Å². The molecule has 1 unspecified atom stereocenters. The summed E-state index contributed by atoms with van der Waals surface area (Å²) in [7, 11) is 1.30. The van der Waals surface area contributed by atoms with Crippen LogP contribution < -0.4 is 4.74 Å². The summed E-state index contributed by atoms with van der Waals surface area (Å²) in [6, 6.07) is 3.35. The number of aliphatic carboxylic acids is 2. The number of carboxylic acid groups (broad SMARTS) is 2. The number of rotatable bonds is 5. The van der Waals surface area contributed by atoms with Gasteiger partial charge in [0.2, 0.25) is 0 Å². The van der Waals surface area contributed by atoms with Gasteiger partial charge in [0.1, 0.15) is 11.6 Å². The van der Waals surface area contributed by atoms with Crippen molar-refractivity contribution in [1.29, 1.82) is 0 Å². The minimum atomic E-state index is -1.34. The van der Waals surface area contributed by atoms with Gasteiger partial charge < -0.3 is 14.9 Å². The van der Waals surface area contributed by atoms with Crippen molar-refractivity contribution in [3.8, 4) is 5.75 Å². The summed E-state index contributed by atoms with van der Waals surface area (Å²) in [5.74, 6) is -4.43. The van der Waals surface area contributed by atoms with Gasteiger partial charge in [0, 0.05) is 5.56 Å². The van der Waals surface area contributed by atoms with Crippen molar-refractivity contribution in [2.45, 2.75) is 12.3 Å². The average Bonchev–Trinajstić information content (AvgIpc) is 2.25. The molecule has 0 radical (unpaired) electrons. The van der Waals surface area contributed by atoms with E-state index in [4.69, 9.17) is 14.9 Å². The summed E-state index contributed by atoms with van der Waals surface area (Å²) in [6.45, 7) is 0. The van der Waals surface area contributed by atoms with Crippen LogP contribution in [0.5, 0.6) is 5.75 Å². The Morgan fingerprint density at radius 3 is 2.53 bits per heavy atom. The van der Waals surface area contributed by atoms with Gasteiger partial charge in [-0.05, 0) is 18.2 Å². The van der Waals surface area contributed by atoms with Crippen LogP contribution in [0.4, 0.5) is 4.39 Å². The molecule has 92 valence electrons. The van der Waals surface area contributed by atoms with Gasteiger partial charge in [0.15, 0.2) is 0 Å². The van der Waals surface area contributed by atoms with Crippen LogP contribution in [0.1, 0.15) is 17.9 Å². The quantitative estimate of drug-likeness (QED) is 0.816. The minimum absolute atomic E-state index is 0.0161. The van der Waals surface area contributed by atoms with E-state index in [1.807, 2.05) is 0 Å². The van der Waals surface area contributed by atoms with Crippen LogP contribution in [0, 0.1) is 5.82 Å². The third-order valence-corrected chi connectivity index (χ3v) is 2.24. The molecule has 0 aromatic heterocycles. The Bertz CT molecular complexity index is 443. The lowest BCUT2D eigenvalue weighted by molar-refractivity contribution is -0.145. The molecule has 1 aromatic carbocycles. The molecular weight excluding hydrogens is 231 g/mol. The zero-order valence-corrected chi connectivity index (χ0v) is 9.01. The predicted molar refractivity (Wildman–Crippen MR) is 55.6 cm³/mol. The molecule has 0 aliphatic heterocycles. The van der Waals surface area contributed by atoms with Crippen molar-refractivity contribution < 1.29 is 28.9 Å². The molecule has 0 heterocycles. The number of hydrogen-bond donors (Lipinski definition) is 2.